The first-order valence-electron chi connectivity index (χ1n) is 11.7. The summed E-state index contributed by atoms with van der Waals surface area (Å²) in [6, 6.07) is 23.1. The summed E-state index contributed by atoms with van der Waals surface area (Å²) >= 11 is 4.43. The molecular weight excluding hydrogens is 538 g/mol. The molecule has 0 saturated carbocycles. The number of hydrogen-bond acceptors (Lipinski definition) is 5. The molecule has 0 aromatic heterocycles. The van der Waals surface area contributed by atoms with Crippen LogP contribution in [0.1, 0.15) is 37.5 Å². The lowest BCUT2D eigenvalue weighted by molar-refractivity contribution is -0.123. The SMILES string of the molecule is CC(C)(C)c1ccc(OCCOc2cccc(/C=C3\SC(=O)N(Cc4ccccc4Br)C3=O)c2)cc1. The zero-order valence-electron chi connectivity index (χ0n) is 20.5. The van der Waals surface area contributed by atoms with Crippen molar-refractivity contribution < 1.29 is 19.1 Å². The number of nitrogens with zero attached hydrogens (tertiary/aromatic N) is 1. The summed E-state index contributed by atoms with van der Waals surface area (Å²) in [5.41, 5.74) is 3.03. The molecule has 1 saturated heterocycles. The molecule has 0 N–H and O–H groups in total. The van der Waals surface area contributed by atoms with Crippen molar-refractivity contribution in [1.82, 2.24) is 4.90 Å². The second-order valence-electron chi connectivity index (χ2n) is 9.40. The van der Waals surface area contributed by atoms with Crippen molar-refractivity contribution in [2.45, 2.75) is 32.7 Å². The number of benzene rings is 3. The van der Waals surface area contributed by atoms with Gasteiger partial charge < -0.3 is 9.47 Å². The quantitative estimate of drug-likeness (QED) is 0.210. The molecule has 5 nitrogen and oxygen atoms in total. The van der Waals surface area contributed by atoms with Gasteiger partial charge in [-0.2, -0.15) is 0 Å². The Bertz CT molecular complexity index is 1280. The molecule has 0 bridgehead atoms. The first kappa shape index (κ1) is 26.0. The number of thioether (sulfide) groups is 1. The predicted molar refractivity (Wildman–Crippen MR) is 148 cm³/mol. The zero-order valence-corrected chi connectivity index (χ0v) is 22.9. The molecule has 36 heavy (non-hydrogen) atoms. The van der Waals surface area contributed by atoms with E-state index in [1.54, 1.807) is 6.08 Å². The van der Waals surface area contributed by atoms with Crippen molar-refractivity contribution in [3.8, 4) is 11.5 Å². The molecular formula is C29H28BrNO4S. The molecule has 0 aliphatic carbocycles. The average molecular weight is 567 g/mol. The van der Waals surface area contributed by atoms with E-state index in [0.29, 0.717) is 23.9 Å². The number of carbonyl (C=O) groups is 2. The van der Waals surface area contributed by atoms with Gasteiger partial charge in [0.1, 0.15) is 24.7 Å². The first-order chi connectivity index (χ1) is 17.2. The third kappa shape index (κ3) is 6.59. The second kappa shape index (κ2) is 11.4. The fourth-order valence-corrected chi connectivity index (χ4v) is 4.90. The van der Waals surface area contributed by atoms with Crippen LogP contribution in [0.2, 0.25) is 0 Å². The van der Waals surface area contributed by atoms with Crippen LogP contribution in [0.3, 0.4) is 0 Å². The summed E-state index contributed by atoms with van der Waals surface area (Å²) in [6.45, 7) is 7.56. The summed E-state index contributed by atoms with van der Waals surface area (Å²) in [5, 5.41) is -0.276. The van der Waals surface area contributed by atoms with Crippen LogP contribution in [0.25, 0.3) is 6.08 Å². The number of imide groups is 1. The van der Waals surface area contributed by atoms with Gasteiger partial charge in [0.25, 0.3) is 11.1 Å². The van der Waals surface area contributed by atoms with E-state index in [0.717, 1.165) is 33.1 Å². The maximum atomic E-state index is 12.9. The van der Waals surface area contributed by atoms with Crippen LogP contribution in [0.15, 0.2) is 82.2 Å². The summed E-state index contributed by atoms with van der Waals surface area (Å²) in [4.78, 5) is 27.1. The summed E-state index contributed by atoms with van der Waals surface area (Å²) in [7, 11) is 0. The molecule has 2 amide bonds. The fraction of sp³-hybridized carbons (Fsp3) is 0.241. The lowest BCUT2D eigenvalue weighted by Gasteiger charge is -2.19. The van der Waals surface area contributed by atoms with E-state index in [-0.39, 0.29) is 23.1 Å². The molecule has 0 atom stereocenters. The highest BCUT2D eigenvalue weighted by atomic mass is 79.9. The van der Waals surface area contributed by atoms with Gasteiger partial charge >= 0.3 is 0 Å². The number of carbonyl (C=O) groups excluding carboxylic acids is 2. The molecule has 7 heteroatoms. The lowest BCUT2D eigenvalue weighted by Crippen LogP contribution is -2.27. The van der Waals surface area contributed by atoms with E-state index in [9.17, 15) is 9.59 Å². The highest BCUT2D eigenvalue weighted by Crippen LogP contribution is 2.34. The van der Waals surface area contributed by atoms with Gasteiger partial charge in [-0.05, 0) is 70.3 Å². The molecule has 0 radical (unpaired) electrons. The summed E-state index contributed by atoms with van der Waals surface area (Å²) < 4.78 is 12.5. The van der Waals surface area contributed by atoms with Crippen molar-refractivity contribution in [2.75, 3.05) is 13.2 Å². The number of hydrogen-bond donors (Lipinski definition) is 0. The minimum atomic E-state index is -0.294. The van der Waals surface area contributed by atoms with Crippen LogP contribution in [0.4, 0.5) is 4.79 Å². The van der Waals surface area contributed by atoms with Crippen LogP contribution in [-0.2, 0) is 16.8 Å². The number of rotatable bonds is 8. The largest absolute Gasteiger partial charge is 0.490 e. The van der Waals surface area contributed by atoms with E-state index in [2.05, 4.69) is 48.8 Å². The average Bonchev–Trinajstić information content (AvgIpc) is 3.10. The maximum absolute atomic E-state index is 12.9. The van der Waals surface area contributed by atoms with Crippen molar-refractivity contribution >= 4 is 44.9 Å². The Kier molecular flexibility index (Phi) is 8.21. The van der Waals surface area contributed by atoms with Gasteiger partial charge in [-0.25, -0.2) is 0 Å². The fourth-order valence-electron chi connectivity index (χ4n) is 3.65. The highest BCUT2D eigenvalue weighted by molar-refractivity contribution is 9.10. The standard InChI is InChI=1S/C29H28BrNO4S/c1-29(2,3)22-11-13-23(14-12-22)34-15-16-35-24-9-6-7-20(17-24)18-26-27(32)31(28(33)36-26)19-21-8-4-5-10-25(21)30/h4-14,17-18H,15-16,19H2,1-3H3/b26-18-. The Labute approximate surface area is 224 Å². The van der Waals surface area contributed by atoms with Crippen LogP contribution in [0, 0.1) is 0 Å². The Morgan fingerprint density at radius 1 is 0.889 bits per heavy atom. The van der Waals surface area contributed by atoms with Gasteiger partial charge in [-0.15, -0.1) is 0 Å². The molecule has 1 aliphatic rings. The van der Waals surface area contributed by atoms with E-state index in [1.807, 2.05) is 60.7 Å². The second-order valence-corrected chi connectivity index (χ2v) is 11.3. The van der Waals surface area contributed by atoms with Crippen LogP contribution >= 0.6 is 27.7 Å². The van der Waals surface area contributed by atoms with Crippen LogP contribution in [-0.4, -0.2) is 29.3 Å². The van der Waals surface area contributed by atoms with Crippen molar-refractivity contribution in [3.63, 3.8) is 0 Å². The number of halogens is 1. The molecule has 1 aliphatic heterocycles. The molecule has 4 rings (SSSR count). The summed E-state index contributed by atoms with van der Waals surface area (Å²) in [6.07, 6.45) is 1.73. The van der Waals surface area contributed by atoms with Crippen LogP contribution in [0.5, 0.6) is 11.5 Å². The molecule has 3 aromatic rings. The zero-order chi connectivity index (χ0) is 25.7. The number of amides is 2. The number of ether oxygens (including phenoxy) is 2. The maximum Gasteiger partial charge on any atom is 0.293 e. The Morgan fingerprint density at radius 3 is 2.28 bits per heavy atom. The lowest BCUT2D eigenvalue weighted by atomic mass is 9.87. The molecule has 0 unspecified atom stereocenters. The third-order valence-electron chi connectivity index (χ3n) is 5.66. The predicted octanol–water partition coefficient (Wildman–Crippen LogP) is 7.44. The van der Waals surface area contributed by atoms with Crippen LogP contribution < -0.4 is 9.47 Å². The molecule has 0 spiro atoms. The van der Waals surface area contributed by atoms with Gasteiger partial charge in [0.2, 0.25) is 0 Å². The minimum absolute atomic E-state index is 0.105. The monoisotopic (exact) mass is 565 g/mol. The first-order valence-corrected chi connectivity index (χ1v) is 13.3. The molecule has 1 fully saturated rings. The summed E-state index contributed by atoms with van der Waals surface area (Å²) in [5.74, 6) is 1.18. The van der Waals surface area contributed by atoms with Gasteiger partial charge in [-0.1, -0.05) is 79.2 Å². The van der Waals surface area contributed by atoms with Gasteiger partial charge in [-0.3, -0.25) is 14.5 Å². The van der Waals surface area contributed by atoms with Crippen molar-refractivity contribution in [3.05, 3.63) is 98.9 Å². The van der Waals surface area contributed by atoms with Gasteiger partial charge in [0.05, 0.1) is 11.4 Å². The van der Waals surface area contributed by atoms with E-state index >= 15 is 0 Å². The van der Waals surface area contributed by atoms with Gasteiger partial charge in [0, 0.05) is 4.47 Å². The van der Waals surface area contributed by atoms with Gasteiger partial charge in [0.15, 0.2) is 0 Å². The smallest absolute Gasteiger partial charge is 0.293 e. The van der Waals surface area contributed by atoms with E-state index in [1.165, 1.54) is 10.5 Å². The molecule has 1 heterocycles. The third-order valence-corrected chi connectivity index (χ3v) is 7.34. The molecule has 3 aromatic carbocycles. The highest BCUT2D eigenvalue weighted by Gasteiger charge is 2.35. The normalized spacial score (nSPS) is 15.0. The minimum Gasteiger partial charge on any atom is -0.490 e. The Hall–Kier alpha value is -3.03. The van der Waals surface area contributed by atoms with E-state index in [4.69, 9.17) is 9.47 Å². The Balaban J connectivity index is 1.33. The Morgan fingerprint density at radius 2 is 1.58 bits per heavy atom. The van der Waals surface area contributed by atoms with Crippen molar-refractivity contribution in [2.24, 2.45) is 0 Å². The van der Waals surface area contributed by atoms with Crippen molar-refractivity contribution in [1.29, 1.82) is 0 Å². The topological polar surface area (TPSA) is 55.8 Å². The molecule has 186 valence electrons. The van der Waals surface area contributed by atoms with E-state index < -0.39 is 0 Å².